The molecule has 1 rings (SSSR count). The summed E-state index contributed by atoms with van der Waals surface area (Å²) in [7, 11) is 0. The Morgan fingerprint density at radius 1 is 1.07 bits per heavy atom. The van der Waals surface area contributed by atoms with Crippen LogP contribution in [0.3, 0.4) is 0 Å². The maximum atomic E-state index is 11.6. The van der Waals surface area contributed by atoms with Gasteiger partial charge in [-0.2, -0.15) is 0 Å². The van der Waals surface area contributed by atoms with Crippen molar-refractivity contribution < 1.29 is 28.5 Å². The zero-order valence-corrected chi connectivity index (χ0v) is 18.6. The Morgan fingerprint density at radius 3 is 2.32 bits per heavy atom. The molecule has 0 aromatic heterocycles. The maximum absolute atomic E-state index is 11.6. The number of nitrogens with one attached hydrogen (secondary N) is 1. The number of unbranched alkanes of at least 4 members (excludes halogenated alkanes) is 2. The Morgan fingerprint density at radius 2 is 1.75 bits per heavy atom. The highest BCUT2D eigenvalue weighted by Gasteiger charge is 2.43. The van der Waals surface area contributed by atoms with E-state index in [1.165, 1.54) is 6.92 Å². The summed E-state index contributed by atoms with van der Waals surface area (Å²) in [6, 6.07) is 0. The fraction of sp³-hybridized carbons (Fsp3) is 0.905. The molecular weight excluding hydrogens is 362 g/mol. The van der Waals surface area contributed by atoms with E-state index in [2.05, 4.69) is 19.2 Å². The summed E-state index contributed by atoms with van der Waals surface area (Å²) in [5.74, 6) is -0.144. The molecule has 1 heterocycles. The molecule has 5 atom stereocenters. The number of amides is 1. The predicted molar refractivity (Wildman–Crippen MR) is 107 cm³/mol. The molecule has 7 nitrogen and oxygen atoms in total. The zero-order valence-electron chi connectivity index (χ0n) is 18.6. The molecular formula is C21H39NO6. The third kappa shape index (κ3) is 8.78. The van der Waals surface area contributed by atoms with Gasteiger partial charge in [-0.15, -0.1) is 0 Å². The van der Waals surface area contributed by atoms with Gasteiger partial charge in [-0.05, 0) is 46.5 Å². The highest BCUT2D eigenvalue weighted by atomic mass is 16.7. The van der Waals surface area contributed by atoms with Crippen molar-refractivity contribution in [2.24, 2.45) is 11.8 Å². The van der Waals surface area contributed by atoms with Crippen LogP contribution in [0.4, 0.5) is 4.79 Å². The summed E-state index contributed by atoms with van der Waals surface area (Å²) in [6.07, 6.45) is 2.57. The molecule has 0 radical (unpaired) electrons. The van der Waals surface area contributed by atoms with Gasteiger partial charge in [0.05, 0.1) is 6.10 Å². The molecule has 0 spiro atoms. The van der Waals surface area contributed by atoms with Crippen LogP contribution in [0.5, 0.6) is 0 Å². The lowest BCUT2D eigenvalue weighted by molar-refractivity contribution is -0.265. The van der Waals surface area contributed by atoms with Gasteiger partial charge in [-0.25, -0.2) is 4.79 Å². The molecule has 1 saturated heterocycles. The van der Waals surface area contributed by atoms with E-state index in [0.29, 0.717) is 13.2 Å². The Labute approximate surface area is 169 Å². The minimum absolute atomic E-state index is 0.0172. The van der Waals surface area contributed by atoms with Crippen molar-refractivity contribution in [2.45, 2.75) is 98.2 Å². The fourth-order valence-electron chi connectivity index (χ4n) is 3.44. The van der Waals surface area contributed by atoms with Crippen LogP contribution in [-0.2, 0) is 23.7 Å². The molecule has 0 bridgehead atoms. The van der Waals surface area contributed by atoms with E-state index in [1.807, 2.05) is 27.7 Å². The topological polar surface area (TPSA) is 83.1 Å². The van der Waals surface area contributed by atoms with Gasteiger partial charge >= 0.3 is 12.1 Å². The summed E-state index contributed by atoms with van der Waals surface area (Å²) in [4.78, 5) is 23.0. The first-order valence-corrected chi connectivity index (χ1v) is 10.5. The number of rotatable bonds is 9. The number of esters is 1. The molecule has 1 amide bonds. The Bertz CT molecular complexity index is 490. The summed E-state index contributed by atoms with van der Waals surface area (Å²) in [6.45, 7) is 14.2. The molecule has 0 aromatic carbocycles. The summed E-state index contributed by atoms with van der Waals surface area (Å²) in [5, 5.41) is 2.75. The first-order chi connectivity index (χ1) is 13.0. The van der Waals surface area contributed by atoms with Crippen LogP contribution in [0.25, 0.3) is 0 Å². The number of carbonyl (C=O) groups excluding carboxylic acids is 2. The van der Waals surface area contributed by atoms with Gasteiger partial charge in [0.2, 0.25) is 0 Å². The quantitative estimate of drug-likeness (QED) is 0.464. The molecule has 164 valence electrons. The highest BCUT2D eigenvalue weighted by molar-refractivity contribution is 5.67. The van der Waals surface area contributed by atoms with Gasteiger partial charge in [-0.3, -0.25) is 4.79 Å². The third-order valence-electron chi connectivity index (χ3n) is 4.84. The van der Waals surface area contributed by atoms with Crippen LogP contribution in [0.1, 0.15) is 74.1 Å². The van der Waals surface area contributed by atoms with Crippen molar-refractivity contribution in [2.75, 3.05) is 13.2 Å². The van der Waals surface area contributed by atoms with Gasteiger partial charge in [0.15, 0.2) is 6.29 Å². The number of hydrogen-bond acceptors (Lipinski definition) is 6. The van der Waals surface area contributed by atoms with Crippen molar-refractivity contribution in [3.63, 3.8) is 0 Å². The van der Waals surface area contributed by atoms with E-state index in [4.69, 9.17) is 18.9 Å². The van der Waals surface area contributed by atoms with Gasteiger partial charge in [0, 0.05) is 31.9 Å². The molecule has 0 unspecified atom stereocenters. The Kier molecular flexibility index (Phi) is 10.2. The molecule has 1 aliphatic rings. The molecule has 1 fully saturated rings. The molecule has 1 N–H and O–H groups in total. The SMILES string of the molecule is CC[C@H]1O[C@@H](OCCCCCNC(=O)OC(C)(C)C)[C@H](C)[C@@H](OC(C)=O)[C@H]1C. The van der Waals surface area contributed by atoms with Gasteiger partial charge in [0.1, 0.15) is 11.7 Å². The van der Waals surface area contributed by atoms with E-state index < -0.39 is 5.60 Å². The summed E-state index contributed by atoms with van der Waals surface area (Å²) >= 11 is 0. The summed E-state index contributed by atoms with van der Waals surface area (Å²) in [5.41, 5.74) is -0.480. The molecule has 0 saturated carbocycles. The van der Waals surface area contributed by atoms with Gasteiger partial charge in [-0.1, -0.05) is 20.8 Å². The van der Waals surface area contributed by atoms with Crippen LogP contribution in [-0.4, -0.2) is 49.3 Å². The standard InChI is InChI=1S/C21H39NO6/c1-8-17-14(2)18(26-16(4)23)15(3)19(27-17)25-13-11-9-10-12-22-20(24)28-21(5,6)7/h14-15,17-19H,8-13H2,1-7H3,(H,22,24)/t14-,15+,17+,18-,19+/m0/s1. The Hall–Kier alpha value is -1.34. The minimum atomic E-state index is -0.480. The summed E-state index contributed by atoms with van der Waals surface area (Å²) < 4.78 is 22.8. The normalized spacial score (nSPS) is 27.9. The van der Waals surface area contributed by atoms with E-state index in [1.54, 1.807) is 0 Å². The van der Waals surface area contributed by atoms with Gasteiger partial charge < -0.3 is 24.3 Å². The lowest BCUT2D eigenvalue weighted by Crippen LogP contribution is -2.51. The van der Waals surface area contributed by atoms with E-state index >= 15 is 0 Å². The molecule has 0 aliphatic carbocycles. The number of hydrogen-bond donors (Lipinski definition) is 1. The lowest BCUT2D eigenvalue weighted by Gasteiger charge is -2.43. The van der Waals surface area contributed by atoms with Crippen molar-refractivity contribution in [1.82, 2.24) is 5.32 Å². The zero-order chi connectivity index (χ0) is 21.3. The van der Waals surface area contributed by atoms with E-state index in [9.17, 15) is 9.59 Å². The number of alkyl carbamates (subject to hydrolysis) is 1. The van der Waals surface area contributed by atoms with Crippen LogP contribution in [0.15, 0.2) is 0 Å². The average molecular weight is 402 g/mol. The monoisotopic (exact) mass is 401 g/mol. The van der Waals surface area contributed by atoms with E-state index in [0.717, 1.165) is 25.7 Å². The van der Waals surface area contributed by atoms with Crippen molar-refractivity contribution in [1.29, 1.82) is 0 Å². The van der Waals surface area contributed by atoms with Crippen molar-refractivity contribution in [3.05, 3.63) is 0 Å². The molecule has 0 aromatic rings. The minimum Gasteiger partial charge on any atom is -0.462 e. The maximum Gasteiger partial charge on any atom is 0.407 e. The first kappa shape index (κ1) is 24.7. The van der Waals surface area contributed by atoms with Crippen molar-refractivity contribution in [3.8, 4) is 0 Å². The van der Waals surface area contributed by atoms with Crippen LogP contribution in [0.2, 0.25) is 0 Å². The largest absolute Gasteiger partial charge is 0.462 e. The number of ether oxygens (including phenoxy) is 4. The molecule has 7 heteroatoms. The second-order valence-corrected chi connectivity index (χ2v) is 8.60. The van der Waals surface area contributed by atoms with Gasteiger partial charge in [0.25, 0.3) is 0 Å². The van der Waals surface area contributed by atoms with Crippen LogP contribution in [0, 0.1) is 11.8 Å². The second-order valence-electron chi connectivity index (χ2n) is 8.60. The van der Waals surface area contributed by atoms with Crippen molar-refractivity contribution >= 4 is 12.1 Å². The van der Waals surface area contributed by atoms with Crippen LogP contribution >= 0.6 is 0 Å². The fourth-order valence-corrected chi connectivity index (χ4v) is 3.44. The van der Waals surface area contributed by atoms with E-state index in [-0.39, 0.29) is 42.4 Å². The predicted octanol–water partition coefficient (Wildman–Crippen LogP) is 4.04. The second kappa shape index (κ2) is 11.6. The first-order valence-electron chi connectivity index (χ1n) is 10.5. The molecule has 1 aliphatic heterocycles. The van der Waals surface area contributed by atoms with Crippen LogP contribution < -0.4 is 5.32 Å². The molecule has 28 heavy (non-hydrogen) atoms. The Balaban J connectivity index is 2.30. The highest BCUT2D eigenvalue weighted by Crippen LogP contribution is 2.34. The number of carbonyl (C=O) groups is 2. The smallest absolute Gasteiger partial charge is 0.407 e. The third-order valence-corrected chi connectivity index (χ3v) is 4.84. The average Bonchev–Trinajstić information content (AvgIpc) is 2.57. The lowest BCUT2D eigenvalue weighted by atomic mass is 9.84.